The van der Waals surface area contributed by atoms with Crippen molar-refractivity contribution in [1.82, 2.24) is 4.31 Å². The highest BCUT2D eigenvalue weighted by Gasteiger charge is 2.32. The number of benzene rings is 1. The van der Waals surface area contributed by atoms with E-state index in [9.17, 15) is 16.8 Å². The molecule has 0 radical (unpaired) electrons. The molecule has 1 fully saturated rings. The van der Waals surface area contributed by atoms with E-state index in [0.717, 1.165) is 6.07 Å². The Morgan fingerprint density at radius 3 is 2.52 bits per heavy atom. The standard InChI is InChI=1S/C12H18N2O5S2/c13-20(16,17)11-2-1-3-12(8-11)21(18,19)14-6-4-10(9-14)5-7-15/h1-3,8,10,15H,4-7,9H2,(H2,13,16,17). The van der Waals surface area contributed by atoms with Crippen LogP contribution in [0.1, 0.15) is 12.8 Å². The average Bonchev–Trinajstić information content (AvgIpc) is 2.88. The fraction of sp³-hybridized carbons (Fsp3) is 0.500. The molecule has 118 valence electrons. The lowest BCUT2D eigenvalue weighted by atomic mass is 10.1. The summed E-state index contributed by atoms with van der Waals surface area (Å²) in [4.78, 5) is -0.312. The molecular weight excluding hydrogens is 316 g/mol. The van der Waals surface area contributed by atoms with Gasteiger partial charge in [0, 0.05) is 19.7 Å². The van der Waals surface area contributed by atoms with Crippen molar-refractivity contribution in [3.8, 4) is 0 Å². The Labute approximate surface area is 124 Å². The minimum absolute atomic E-state index is 0.0272. The summed E-state index contributed by atoms with van der Waals surface area (Å²) in [6, 6.07) is 5.04. The van der Waals surface area contributed by atoms with Crippen molar-refractivity contribution in [2.75, 3.05) is 19.7 Å². The predicted molar refractivity (Wildman–Crippen MR) is 76.4 cm³/mol. The van der Waals surface area contributed by atoms with Gasteiger partial charge in [-0.25, -0.2) is 22.0 Å². The van der Waals surface area contributed by atoms with Gasteiger partial charge in [0.2, 0.25) is 20.0 Å². The van der Waals surface area contributed by atoms with Crippen LogP contribution in [0.4, 0.5) is 0 Å². The summed E-state index contributed by atoms with van der Waals surface area (Å²) in [5.74, 6) is 0.131. The van der Waals surface area contributed by atoms with E-state index in [2.05, 4.69) is 0 Å². The molecule has 1 aromatic carbocycles. The number of sulfonamides is 2. The average molecular weight is 334 g/mol. The highest BCUT2D eigenvalue weighted by Crippen LogP contribution is 2.26. The number of aliphatic hydroxyl groups excluding tert-OH is 1. The number of nitrogens with zero attached hydrogens (tertiary/aromatic N) is 1. The monoisotopic (exact) mass is 334 g/mol. The van der Waals surface area contributed by atoms with Gasteiger partial charge in [-0.3, -0.25) is 0 Å². The molecule has 21 heavy (non-hydrogen) atoms. The third-order valence-electron chi connectivity index (χ3n) is 3.56. The molecule has 1 aromatic rings. The molecule has 0 bridgehead atoms. The molecular formula is C12H18N2O5S2. The summed E-state index contributed by atoms with van der Waals surface area (Å²) in [6.07, 6.45) is 1.25. The van der Waals surface area contributed by atoms with E-state index >= 15 is 0 Å². The van der Waals surface area contributed by atoms with E-state index in [-0.39, 0.29) is 22.3 Å². The van der Waals surface area contributed by atoms with Gasteiger partial charge in [0.25, 0.3) is 0 Å². The lowest BCUT2D eigenvalue weighted by molar-refractivity contribution is 0.259. The van der Waals surface area contributed by atoms with Crippen molar-refractivity contribution >= 4 is 20.0 Å². The molecule has 0 saturated carbocycles. The molecule has 2 rings (SSSR count). The van der Waals surface area contributed by atoms with Crippen molar-refractivity contribution in [1.29, 1.82) is 0 Å². The number of primary sulfonamides is 1. The minimum Gasteiger partial charge on any atom is -0.396 e. The molecule has 1 atom stereocenters. The van der Waals surface area contributed by atoms with Crippen LogP contribution in [0.15, 0.2) is 34.1 Å². The van der Waals surface area contributed by atoms with E-state index < -0.39 is 20.0 Å². The van der Waals surface area contributed by atoms with Crippen LogP contribution in [-0.2, 0) is 20.0 Å². The quantitative estimate of drug-likeness (QED) is 0.768. The van der Waals surface area contributed by atoms with Crippen LogP contribution in [0.2, 0.25) is 0 Å². The molecule has 0 aromatic heterocycles. The van der Waals surface area contributed by atoms with E-state index in [4.69, 9.17) is 10.2 Å². The predicted octanol–water partition coefficient (Wildman–Crippen LogP) is -0.273. The third-order valence-corrected chi connectivity index (χ3v) is 6.33. The smallest absolute Gasteiger partial charge is 0.243 e. The second-order valence-corrected chi connectivity index (χ2v) is 8.55. The van der Waals surface area contributed by atoms with Crippen molar-refractivity contribution < 1.29 is 21.9 Å². The summed E-state index contributed by atoms with van der Waals surface area (Å²) in [7, 11) is -7.69. The maximum absolute atomic E-state index is 12.5. The van der Waals surface area contributed by atoms with Crippen LogP contribution in [0.3, 0.4) is 0 Å². The SMILES string of the molecule is NS(=O)(=O)c1cccc(S(=O)(=O)N2CCC(CCO)C2)c1. The highest BCUT2D eigenvalue weighted by molar-refractivity contribution is 7.90. The van der Waals surface area contributed by atoms with Gasteiger partial charge in [0.05, 0.1) is 9.79 Å². The van der Waals surface area contributed by atoms with E-state index in [1.54, 1.807) is 0 Å². The zero-order valence-electron chi connectivity index (χ0n) is 11.3. The number of aliphatic hydroxyl groups is 1. The van der Waals surface area contributed by atoms with E-state index in [1.807, 2.05) is 0 Å². The Bertz CT molecular complexity index is 715. The van der Waals surface area contributed by atoms with Gasteiger partial charge in [-0.15, -0.1) is 0 Å². The highest BCUT2D eigenvalue weighted by atomic mass is 32.2. The molecule has 0 aliphatic carbocycles. The largest absolute Gasteiger partial charge is 0.396 e. The third kappa shape index (κ3) is 3.61. The first-order valence-electron chi connectivity index (χ1n) is 6.49. The molecule has 1 heterocycles. The van der Waals surface area contributed by atoms with Crippen LogP contribution < -0.4 is 5.14 Å². The first kappa shape index (κ1) is 16.4. The zero-order chi connectivity index (χ0) is 15.7. The molecule has 0 spiro atoms. The Balaban J connectivity index is 2.29. The van der Waals surface area contributed by atoms with Crippen LogP contribution in [-0.4, -0.2) is 45.9 Å². The van der Waals surface area contributed by atoms with Crippen molar-refractivity contribution in [3.05, 3.63) is 24.3 Å². The fourth-order valence-electron chi connectivity index (χ4n) is 2.39. The van der Waals surface area contributed by atoms with Gasteiger partial charge in [0.1, 0.15) is 0 Å². The summed E-state index contributed by atoms with van der Waals surface area (Å²) < 4.78 is 48.9. The summed E-state index contributed by atoms with van der Waals surface area (Å²) >= 11 is 0. The number of hydrogen-bond acceptors (Lipinski definition) is 5. The summed E-state index contributed by atoms with van der Waals surface area (Å²) in [5.41, 5.74) is 0. The van der Waals surface area contributed by atoms with E-state index in [1.165, 1.54) is 22.5 Å². The van der Waals surface area contributed by atoms with Gasteiger partial charge >= 0.3 is 0 Å². The van der Waals surface area contributed by atoms with Crippen molar-refractivity contribution in [2.45, 2.75) is 22.6 Å². The molecule has 3 N–H and O–H groups in total. The second kappa shape index (κ2) is 6.01. The second-order valence-electron chi connectivity index (χ2n) is 5.05. The normalized spacial score (nSPS) is 20.8. The topological polar surface area (TPSA) is 118 Å². The number of rotatable bonds is 5. The molecule has 1 aliphatic heterocycles. The summed E-state index contributed by atoms with van der Waals surface area (Å²) in [6.45, 7) is 0.731. The molecule has 1 aliphatic rings. The molecule has 0 amide bonds. The van der Waals surface area contributed by atoms with Crippen molar-refractivity contribution in [3.63, 3.8) is 0 Å². The Hall–Kier alpha value is -1.00. The Morgan fingerprint density at radius 2 is 1.90 bits per heavy atom. The molecule has 1 saturated heterocycles. The zero-order valence-corrected chi connectivity index (χ0v) is 13.0. The van der Waals surface area contributed by atoms with Crippen LogP contribution in [0.5, 0.6) is 0 Å². The number of hydrogen-bond donors (Lipinski definition) is 2. The fourth-order valence-corrected chi connectivity index (χ4v) is 4.61. The van der Waals surface area contributed by atoms with Gasteiger partial charge in [-0.05, 0) is 37.0 Å². The Kier molecular flexibility index (Phi) is 4.69. The summed E-state index contributed by atoms with van der Waals surface area (Å²) in [5, 5.41) is 13.9. The first-order valence-corrected chi connectivity index (χ1v) is 9.47. The minimum atomic E-state index is -3.94. The van der Waals surface area contributed by atoms with Gasteiger partial charge in [-0.1, -0.05) is 6.07 Å². The Morgan fingerprint density at radius 1 is 1.24 bits per heavy atom. The van der Waals surface area contributed by atoms with Gasteiger partial charge < -0.3 is 5.11 Å². The van der Waals surface area contributed by atoms with Crippen LogP contribution >= 0.6 is 0 Å². The van der Waals surface area contributed by atoms with Crippen molar-refractivity contribution in [2.24, 2.45) is 11.1 Å². The maximum atomic E-state index is 12.5. The number of nitrogens with two attached hydrogens (primary N) is 1. The lowest BCUT2D eigenvalue weighted by Gasteiger charge is -2.17. The molecule has 1 unspecified atom stereocenters. The maximum Gasteiger partial charge on any atom is 0.243 e. The van der Waals surface area contributed by atoms with E-state index in [0.29, 0.717) is 25.9 Å². The lowest BCUT2D eigenvalue weighted by Crippen LogP contribution is -2.29. The molecule has 9 heteroatoms. The molecule has 7 nitrogen and oxygen atoms in total. The van der Waals surface area contributed by atoms with Gasteiger partial charge in [0.15, 0.2) is 0 Å². The first-order chi connectivity index (χ1) is 9.75. The van der Waals surface area contributed by atoms with Crippen LogP contribution in [0.25, 0.3) is 0 Å². The van der Waals surface area contributed by atoms with Gasteiger partial charge in [-0.2, -0.15) is 4.31 Å². The van der Waals surface area contributed by atoms with Crippen LogP contribution in [0, 0.1) is 5.92 Å².